The molecule has 0 aliphatic rings. The van der Waals surface area contributed by atoms with Gasteiger partial charge in [0.25, 0.3) is 0 Å². The SMILES string of the molecule is Cc1nc([C@@H](O)[C@@H](O)[C@H](O)[C@H](O)CO)nn1C. The van der Waals surface area contributed by atoms with E-state index in [0.717, 1.165) is 0 Å². The highest BCUT2D eigenvalue weighted by Gasteiger charge is 2.33. The minimum Gasteiger partial charge on any atom is -0.394 e. The molecule has 0 aromatic carbocycles. The summed E-state index contributed by atoms with van der Waals surface area (Å²) in [6, 6.07) is 0. The van der Waals surface area contributed by atoms with Crippen LogP contribution in [0, 0.1) is 6.92 Å². The molecular weight excluding hydrogens is 230 g/mol. The Bertz CT molecular complexity index is 350. The maximum absolute atomic E-state index is 9.70. The number of aryl methyl sites for hydroxylation is 2. The van der Waals surface area contributed by atoms with E-state index in [0.29, 0.717) is 5.82 Å². The van der Waals surface area contributed by atoms with Gasteiger partial charge in [-0.1, -0.05) is 0 Å². The van der Waals surface area contributed by atoms with Crippen molar-refractivity contribution in [1.82, 2.24) is 14.8 Å². The van der Waals surface area contributed by atoms with Crippen LogP contribution in [0.2, 0.25) is 0 Å². The first-order valence-corrected chi connectivity index (χ1v) is 5.09. The van der Waals surface area contributed by atoms with E-state index >= 15 is 0 Å². The summed E-state index contributed by atoms with van der Waals surface area (Å²) < 4.78 is 1.40. The van der Waals surface area contributed by atoms with Crippen molar-refractivity contribution in [3.05, 3.63) is 11.6 Å². The van der Waals surface area contributed by atoms with Crippen LogP contribution in [0.15, 0.2) is 0 Å². The number of hydrogen-bond donors (Lipinski definition) is 5. The molecule has 1 heterocycles. The molecule has 8 nitrogen and oxygen atoms in total. The van der Waals surface area contributed by atoms with Crippen molar-refractivity contribution in [3.8, 4) is 0 Å². The standard InChI is InChI=1S/C9H17N3O5/c1-4-10-9(11-12(4)2)8(17)7(16)6(15)5(14)3-13/h5-8,13-17H,3H2,1-2H3/t5-,6-,7+,8+/m1/s1. The summed E-state index contributed by atoms with van der Waals surface area (Å²) in [7, 11) is 1.62. The lowest BCUT2D eigenvalue weighted by atomic mass is 10.0. The monoisotopic (exact) mass is 247 g/mol. The molecule has 1 aromatic rings. The Kier molecular flexibility index (Phi) is 4.54. The van der Waals surface area contributed by atoms with Gasteiger partial charge >= 0.3 is 0 Å². The van der Waals surface area contributed by atoms with Crippen molar-refractivity contribution >= 4 is 0 Å². The minimum atomic E-state index is -1.68. The van der Waals surface area contributed by atoms with E-state index in [-0.39, 0.29) is 5.82 Å². The number of nitrogens with zero attached hydrogens (tertiary/aromatic N) is 3. The smallest absolute Gasteiger partial charge is 0.182 e. The Balaban J connectivity index is 2.78. The van der Waals surface area contributed by atoms with Crippen LogP contribution in [0.25, 0.3) is 0 Å². The van der Waals surface area contributed by atoms with Gasteiger partial charge in [-0.2, -0.15) is 5.10 Å². The van der Waals surface area contributed by atoms with Crippen molar-refractivity contribution < 1.29 is 25.5 Å². The van der Waals surface area contributed by atoms with Crippen molar-refractivity contribution in [1.29, 1.82) is 0 Å². The van der Waals surface area contributed by atoms with Gasteiger partial charge in [-0.15, -0.1) is 0 Å². The summed E-state index contributed by atoms with van der Waals surface area (Å²) in [6.45, 7) is 0.939. The van der Waals surface area contributed by atoms with Crippen LogP contribution in [0.4, 0.5) is 0 Å². The molecule has 0 amide bonds. The third-order valence-electron chi connectivity index (χ3n) is 2.52. The average Bonchev–Trinajstić information content (AvgIpc) is 2.65. The molecular formula is C9H17N3O5. The van der Waals surface area contributed by atoms with Crippen molar-refractivity contribution in [2.24, 2.45) is 7.05 Å². The van der Waals surface area contributed by atoms with Gasteiger partial charge in [-0.05, 0) is 6.92 Å². The lowest BCUT2D eigenvalue weighted by Crippen LogP contribution is -2.42. The minimum absolute atomic E-state index is 0.0540. The molecule has 0 saturated carbocycles. The predicted octanol–water partition coefficient (Wildman–Crippen LogP) is -2.77. The number of rotatable bonds is 5. The zero-order valence-corrected chi connectivity index (χ0v) is 9.59. The molecule has 1 rings (SSSR count). The van der Waals surface area contributed by atoms with Crippen LogP contribution in [-0.4, -0.2) is 65.2 Å². The molecule has 0 aliphatic heterocycles. The summed E-state index contributed by atoms with van der Waals surface area (Å²) in [5.74, 6) is 0.477. The van der Waals surface area contributed by atoms with E-state index in [4.69, 9.17) is 10.2 Å². The molecule has 0 unspecified atom stereocenters. The van der Waals surface area contributed by atoms with Crippen LogP contribution in [0.1, 0.15) is 17.8 Å². The van der Waals surface area contributed by atoms with E-state index < -0.39 is 31.0 Å². The van der Waals surface area contributed by atoms with Crippen LogP contribution in [0.5, 0.6) is 0 Å². The molecule has 17 heavy (non-hydrogen) atoms. The van der Waals surface area contributed by atoms with Gasteiger partial charge in [0.2, 0.25) is 0 Å². The highest BCUT2D eigenvalue weighted by Crippen LogP contribution is 2.17. The number of aliphatic hydroxyl groups is 5. The third-order valence-corrected chi connectivity index (χ3v) is 2.52. The van der Waals surface area contributed by atoms with Crippen molar-refractivity contribution in [2.75, 3.05) is 6.61 Å². The average molecular weight is 247 g/mol. The van der Waals surface area contributed by atoms with Gasteiger partial charge in [0.1, 0.15) is 30.2 Å². The zero-order chi connectivity index (χ0) is 13.2. The second-order valence-corrected chi connectivity index (χ2v) is 3.82. The van der Waals surface area contributed by atoms with Crippen LogP contribution in [0.3, 0.4) is 0 Å². The van der Waals surface area contributed by atoms with Crippen molar-refractivity contribution in [3.63, 3.8) is 0 Å². The van der Waals surface area contributed by atoms with E-state index in [1.54, 1.807) is 14.0 Å². The van der Waals surface area contributed by atoms with E-state index in [1.807, 2.05) is 0 Å². The fourth-order valence-corrected chi connectivity index (χ4v) is 1.29. The third kappa shape index (κ3) is 2.99. The molecule has 98 valence electrons. The molecule has 4 atom stereocenters. The maximum Gasteiger partial charge on any atom is 0.182 e. The first kappa shape index (κ1) is 14.0. The lowest BCUT2D eigenvalue weighted by Gasteiger charge is -2.23. The first-order valence-electron chi connectivity index (χ1n) is 5.09. The van der Waals surface area contributed by atoms with Gasteiger partial charge in [-0.25, -0.2) is 4.98 Å². The molecule has 1 aromatic heterocycles. The van der Waals surface area contributed by atoms with Gasteiger partial charge in [0, 0.05) is 7.05 Å². The Morgan fingerprint density at radius 3 is 2.18 bits per heavy atom. The molecule has 0 aliphatic carbocycles. The second kappa shape index (κ2) is 5.52. The lowest BCUT2D eigenvalue weighted by molar-refractivity contribution is -0.118. The van der Waals surface area contributed by atoms with Crippen LogP contribution >= 0.6 is 0 Å². The van der Waals surface area contributed by atoms with E-state index in [1.165, 1.54) is 4.68 Å². The summed E-state index contributed by atoms with van der Waals surface area (Å²) in [5.41, 5.74) is 0. The Hall–Kier alpha value is -1.06. The Morgan fingerprint density at radius 1 is 1.18 bits per heavy atom. The largest absolute Gasteiger partial charge is 0.394 e. The molecule has 0 saturated heterocycles. The van der Waals surface area contributed by atoms with Crippen molar-refractivity contribution in [2.45, 2.75) is 31.3 Å². The summed E-state index contributed by atoms with van der Waals surface area (Å²) in [4.78, 5) is 3.89. The molecule has 0 spiro atoms. The molecule has 0 fully saturated rings. The van der Waals surface area contributed by atoms with Crippen LogP contribution < -0.4 is 0 Å². The van der Waals surface area contributed by atoms with Gasteiger partial charge in [0.15, 0.2) is 5.82 Å². The molecule has 5 N–H and O–H groups in total. The Labute approximate surface area is 97.8 Å². The number of aliphatic hydroxyl groups excluding tert-OH is 5. The number of aromatic nitrogens is 3. The zero-order valence-electron chi connectivity index (χ0n) is 9.59. The fourth-order valence-electron chi connectivity index (χ4n) is 1.29. The molecule has 8 heteroatoms. The van der Waals surface area contributed by atoms with Gasteiger partial charge < -0.3 is 25.5 Å². The normalized spacial score (nSPS) is 18.8. The van der Waals surface area contributed by atoms with Gasteiger partial charge in [-0.3, -0.25) is 4.68 Å². The molecule has 0 bridgehead atoms. The highest BCUT2D eigenvalue weighted by atomic mass is 16.4. The highest BCUT2D eigenvalue weighted by molar-refractivity contribution is 4.98. The van der Waals surface area contributed by atoms with E-state index in [9.17, 15) is 15.3 Å². The molecule has 0 radical (unpaired) electrons. The summed E-state index contributed by atoms with van der Waals surface area (Å²) in [6.07, 6.45) is -6.44. The summed E-state index contributed by atoms with van der Waals surface area (Å²) >= 11 is 0. The predicted molar refractivity (Wildman–Crippen MR) is 55.8 cm³/mol. The quantitative estimate of drug-likeness (QED) is 0.380. The number of hydrogen-bond acceptors (Lipinski definition) is 7. The van der Waals surface area contributed by atoms with E-state index in [2.05, 4.69) is 10.1 Å². The summed E-state index contributed by atoms with van der Waals surface area (Å²) in [5, 5.41) is 50.3. The Morgan fingerprint density at radius 2 is 1.76 bits per heavy atom. The topological polar surface area (TPSA) is 132 Å². The van der Waals surface area contributed by atoms with Crippen LogP contribution in [-0.2, 0) is 7.05 Å². The second-order valence-electron chi connectivity index (χ2n) is 3.82. The first-order chi connectivity index (χ1) is 7.88. The fraction of sp³-hybridized carbons (Fsp3) is 0.778. The maximum atomic E-state index is 9.70. The van der Waals surface area contributed by atoms with Gasteiger partial charge in [0.05, 0.1) is 6.61 Å².